The van der Waals surface area contributed by atoms with Gasteiger partial charge in [0, 0.05) is 22.8 Å². The number of nitrogens with zero attached hydrogens (tertiary/aromatic N) is 3. The Bertz CT molecular complexity index is 769. The fourth-order valence-corrected chi connectivity index (χ4v) is 3.38. The summed E-state index contributed by atoms with van der Waals surface area (Å²) >= 11 is 5.94. The van der Waals surface area contributed by atoms with Crippen molar-refractivity contribution >= 4 is 17.5 Å². The molecule has 0 atom stereocenters. The van der Waals surface area contributed by atoms with E-state index in [1.54, 1.807) is 18.2 Å². The molecule has 1 aromatic carbocycles. The summed E-state index contributed by atoms with van der Waals surface area (Å²) in [6.45, 7) is 2.71. The predicted molar refractivity (Wildman–Crippen MR) is 99.8 cm³/mol. The molecule has 0 radical (unpaired) electrons. The second-order valence-electron chi connectivity index (χ2n) is 7.05. The molecular formula is C19H23ClN4O. The molecule has 25 heavy (non-hydrogen) atoms. The predicted octanol–water partition coefficient (Wildman–Crippen LogP) is 3.32. The number of rotatable bonds is 5. The number of nitrogens with one attached hydrogen (secondary N) is 1. The van der Waals surface area contributed by atoms with Crippen molar-refractivity contribution in [3.63, 3.8) is 0 Å². The number of likely N-dealkylation sites (N-methyl/N-ethyl adjacent to an activating group) is 1. The van der Waals surface area contributed by atoms with Crippen LogP contribution in [0.2, 0.25) is 5.02 Å². The SMILES string of the molecule is Cc1cc(C(=O)NC2(CN(C)C)CCC2)nc(-c2ccc(Cl)cc2)n1. The molecule has 0 spiro atoms. The Kier molecular flexibility index (Phi) is 5.06. The summed E-state index contributed by atoms with van der Waals surface area (Å²) in [7, 11) is 4.05. The maximum Gasteiger partial charge on any atom is 0.270 e. The molecule has 0 aliphatic heterocycles. The number of amides is 1. The van der Waals surface area contributed by atoms with Crippen LogP contribution in [-0.2, 0) is 0 Å². The van der Waals surface area contributed by atoms with Crippen LogP contribution in [0.4, 0.5) is 0 Å². The molecule has 3 rings (SSSR count). The van der Waals surface area contributed by atoms with Crippen molar-refractivity contribution < 1.29 is 4.79 Å². The minimum atomic E-state index is -0.139. The number of hydrogen-bond acceptors (Lipinski definition) is 4. The third kappa shape index (κ3) is 4.17. The van der Waals surface area contributed by atoms with Gasteiger partial charge in [0.1, 0.15) is 5.69 Å². The maximum absolute atomic E-state index is 12.8. The van der Waals surface area contributed by atoms with Gasteiger partial charge in [-0.25, -0.2) is 9.97 Å². The summed E-state index contributed by atoms with van der Waals surface area (Å²) in [6.07, 6.45) is 3.16. The van der Waals surface area contributed by atoms with Gasteiger partial charge in [-0.15, -0.1) is 0 Å². The molecule has 1 heterocycles. The number of carbonyl (C=O) groups excluding carboxylic acids is 1. The highest BCUT2D eigenvalue weighted by Gasteiger charge is 2.39. The first-order chi connectivity index (χ1) is 11.9. The summed E-state index contributed by atoms with van der Waals surface area (Å²) < 4.78 is 0. The molecular weight excluding hydrogens is 336 g/mol. The molecule has 132 valence electrons. The van der Waals surface area contributed by atoms with Crippen molar-refractivity contribution in [3.05, 3.63) is 46.7 Å². The van der Waals surface area contributed by atoms with Crippen LogP contribution in [-0.4, -0.2) is 47.0 Å². The van der Waals surface area contributed by atoms with Gasteiger partial charge < -0.3 is 10.2 Å². The normalized spacial score (nSPS) is 15.7. The third-order valence-electron chi connectivity index (χ3n) is 4.50. The van der Waals surface area contributed by atoms with Crippen molar-refractivity contribution in [1.29, 1.82) is 0 Å². The van der Waals surface area contributed by atoms with Gasteiger partial charge in [0.15, 0.2) is 5.82 Å². The van der Waals surface area contributed by atoms with Gasteiger partial charge in [-0.3, -0.25) is 4.79 Å². The van der Waals surface area contributed by atoms with E-state index < -0.39 is 0 Å². The summed E-state index contributed by atoms with van der Waals surface area (Å²) in [5, 5.41) is 3.86. The molecule has 1 aliphatic rings. The Hall–Kier alpha value is -1.98. The van der Waals surface area contributed by atoms with E-state index in [1.807, 2.05) is 33.2 Å². The van der Waals surface area contributed by atoms with Crippen molar-refractivity contribution in [1.82, 2.24) is 20.2 Å². The molecule has 0 saturated heterocycles. The third-order valence-corrected chi connectivity index (χ3v) is 4.75. The first kappa shape index (κ1) is 17.8. The van der Waals surface area contributed by atoms with Crippen molar-refractivity contribution in [2.45, 2.75) is 31.7 Å². The van der Waals surface area contributed by atoms with Crippen LogP contribution in [0.15, 0.2) is 30.3 Å². The van der Waals surface area contributed by atoms with Gasteiger partial charge in [0.25, 0.3) is 5.91 Å². The van der Waals surface area contributed by atoms with Gasteiger partial charge in [-0.05, 0) is 70.6 Å². The molecule has 2 aromatic rings. The standard InChI is InChI=1S/C19H23ClN4O/c1-13-11-16(18(25)23-19(9-4-10-19)12-24(2)3)22-17(21-13)14-5-7-15(20)8-6-14/h5-8,11H,4,9-10,12H2,1-3H3,(H,23,25). The minimum Gasteiger partial charge on any atom is -0.344 e. The van der Waals surface area contributed by atoms with E-state index in [0.717, 1.165) is 37.1 Å². The highest BCUT2D eigenvalue weighted by molar-refractivity contribution is 6.30. The average Bonchev–Trinajstić information content (AvgIpc) is 2.52. The van der Waals surface area contributed by atoms with Crippen LogP contribution in [0.3, 0.4) is 0 Å². The topological polar surface area (TPSA) is 58.1 Å². The van der Waals surface area contributed by atoms with E-state index in [2.05, 4.69) is 20.2 Å². The molecule has 1 saturated carbocycles. The lowest BCUT2D eigenvalue weighted by Crippen LogP contribution is -2.59. The summed E-state index contributed by atoms with van der Waals surface area (Å²) in [5.74, 6) is 0.402. The molecule has 1 N–H and O–H groups in total. The molecule has 0 bridgehead atoms. The zero-order valence-electron chi connectivity index (χ0n) is 14.8. The van der Waals surface area contributed by atoms with Crippen LogP contribution >= 0.6 is 11.6 Å². The molecule has 1 amide bonds. The summed E-state index contributed by atoms with van der Waals surface area (Å²) in [4.78, 5) is 23.8. The monoisotopic (exact) mass is 358 g/mol. The van der Waals surface area contributed by atoms with E-state index in [4.69, 9.17) is 11.6 Å². The first-order valence-electron chi connectivity index (χ1n) is 8.46. The Morgan fingerprint density at radius 2 is 1.92 bits per heavy atom. The van der Waals surface area contributed by atoms with Crippen molar-refractivity contribution in [2.75, 3.05) is 20.6 Å². The summed E-state index contributed by atoms with van der Waals surface area (Å²) in [6, 6.07) is 9.04. The lowest BCUT2D eigenvalue weighted by Gasteiger charge is -2.44. The van der Waals surface area contributed by atoms with Crippen LogP contribution in [0.1, 0.15) is 35.4 Å². The molecule has 1 fully saturated rings. The van der Waals surface area contributed by atoms with E-state index in [0.29, 0.717) is 16.5 Å². The number of aromatic nitrogens is 2. The number of benzene rings is 1. The minimum absolute atomic E-state index is 0.137. The lowest BCUT2D eigenvalue weighted by molar-refractivity contribution is 0.0767. The van der Waals surface area contributed by atoms with E-state index in [9.17, 15) is 4.79 Å². The molecule has 0 unspecified atom stereocenters. The number of carbonyl (C=O) groups is 1. The van der Waals surface area contributed by atoms with Crippen molar-refractivity contribution in [3.8, 4) is 11.4 Å². The maximum atomic E-state index is 12.8. The molecule has 1 aromatic heterocycles. The number of aryl methyl sites for hydroxylation is 1. The lowest BCUT2D eigenvalue weighted by atomic mass is 9.76. The molecule has 1 aliphatic carbocycles. The highest BCUT2D eigenvalue weighted by atomic mass is 35.5. The van der Waals surface area contributed by atoms with Crippen molar-refractivity contribution in [2.24, 2.45) is 0 Å². The Morgan fingerprint density at radius 1 is 1.24 bits per heavy atom. The Labute approximate surface area is 153 Å². The molecule has 6 heteroatoms. The van der Waals surface area contributed by atoms with E-state index in [1.165, 1.54) is 0 Å². The smallest absolute Gasteiger partial charge is 0.270 e. The average molecular weight is 359 g/mol. The summed E-state index contributed by atoms with van der Waals surface area (Å²) in [5.41, 5.74) is 1.87. The second-order valence-corrected chi connectivity index (χ2v) is 7.49. The van der Waals surface area contributed by atoms with Gasteiger partial charge in [-0.2, -0.15) is 0 Å². The van der Waals surface area contributed by atoms with E-state index in [-0.39, 0.29) is 11.4 Å². The van der Waals surface area contributed by atoms with E-state index >= 15 is 0 Å². The van der Waals surface area contributed by atoms with Crippen LogP contribution < -0.4 is 5.32 Å². The van der Waals surface area contributed by atoms with Crippen LogP contribution in [0.5, 0.6) is 0 Å². The zero-order valence-corrected chi connectivity index (χ0v) is 15.6. The Morgan fingerprint density at radius 3 is 2.48 bits per heavy atom. The van der Waals surface area contributed by atoms with Crippen LogP contribution in [0.25, 0.3) is 11.4 Å². The van der Waals surface area contributed by atoms with Gasteiger partial charge >= 0.3 is 0 Å². The van der Waals surface area contributed by atoms with Gasteiger partial charge in [0.05, 0.1) is 5.54 Å². The zero-order chi connectivity index (χ0) is 18.0. The quantitative estimate of drug-likeness (QED) is 0.890. The second kappa shape index (κ2) is 7.10. The fraction of sp³-hybridized carbons (Fsp3) is 0.421. The number of halogens is 1. The highest BCUT2D eigenvalue weighted by Crippen LogP contribution is 2.32. The fourth-order valence-electron chi connectivity index (χ4n) is 3.25. The Balaban J connectivity index is 1.84. The van der Waals surface area contributed by atoms with Gasteiger partial charge in [-0.1, -0.05) is 11.6 Å². The largest absolute Gasteiger partial charge is 0.344 e. The first-order valence-corrected chi connectivity index (χ1v) is 8.84. The number of hydrogen-bond donors (Lipinski definition) is 1. The van der Waals surface area contributed by atoms with Crippen LogP contribution in [0, 0.1) is 6.92 Å². The van der Waals surface area contributed by atoms with Gasteiger partial charge in [0.2, 0.25) is 0 Å². The molecule has 5 nitrogen and oxygen atoms in total.